The zero-order chi connectivity index (χ0) is 14.7. The van der Waals surface area contributed by atoms with E-state index in [1.54, 1.807) is 0 Å². The van der Waals surface area contributed by atoms with Crippen LogP contribution in [0.3, 0.4) is 0 Å². The second-order valence-electron chi connectivity index (χ2n) is 6.46. The summed E-state index contributed by atoms with van der Waals surface area (Å²) in [6.07, 6.45) is 3.92. The zero-order valence-electron chi connectivity index (χ0n) is 13.2. The lowest BCUT2D eigenvalue weighted by Crippen LogP contribution is -2.28. The van der Waals surface area contributed by atoms with Gasteiger partial charge in [-0.3, -0.25) is 0 Å². The number of hydrogen-bond acceptors (Lipinski definition) is 3. The van der Waals surface area contributed by atoms with Crippen LogP contribution < -0.4 is 15.4 Å². The molecule has 20 heavy (non-hydrogen) atoms. The molecule has 0 aliphatic heterocycles. The molecule has 112 valence electrons. The second kappa shape index (κ2) is 6.38. The summed E-state index contributed by atoms with van der Waals surface area (Å²) in [6.45, 7) is 9.68. The Hall–Kier alpha value is -1.38. The molecule has 1 saturated carbocycles. The standard InChI is InChI=1S/C17H28N2O/c1-12(2)10-11-19(14-8-9-14)15-6-5-7-16(17(15)18)20-13(3)4/h5-7,12-14H,8-11,18H2,1-4H3. The molecule has 0 unspecified atom stereocenters. The minimum Gasteiger partial charge on any atom is -0.489 e. The maximum Gasteiger partial charge on any atom is 0.144 e. The van der Waals surface area contributed by atoms with Gasteiger partial charge in [0.1, 0.15) is 5.75 Å². The van der Waals surface area contributed by atoms with Crippen molar-refractivity contribution in [2.45, 2.75) is 59.1 Å². The summed E-state index contributed by atoms with van der Waals surface area (Å²) >= 11 is 0. The Morgan fingerprint density at radius 2 is 1.95 bits per heavy atom. The average Bonchev–Trinajstić information content (AvgIpc) is 3.17. The predicted molar refractivity (Wildman–Crippen MR) is 86.4 cm³/mol. The van der Waals surface area contributed by atoms with Crippen LogP contribution in [0, 0.1) is 5.92 Å². The lowest BCUT2D eigenvalue weighted by molar-refractivity contribution is 0.244. The number of hydrogen-bond donors (Lipinski definition) is 1. The summed E-state index contributed by atoms with van der Waals surface area (Å²) in [5, 5.41) is 0. The first-order valence-electron chi connectivity index (χ1n) is 7.80. The van der Waals surface area contributed by atoms with Crippen LogP contribution in [0.25, 0.3) is 0 Å². The third-order valence-electron chi connectivity index (χ3n) is 3.65. The second-order valence-corrected chi connectivity index (χ2v) is 6.46. The van der Waals surface area contributed by atoms with Gasteiger partial charge in [-0.15, -0.1) is 0 Å². The van der Waals surface area contributed by atoms with E-state index in [0.717, 1.165) is 23.7 Å². The summed E-state index contributed by atoms with van der Waals surface area (Å²) in [4.78, 5) is 2.47. The molecule has 1 aliphatic carbocycles. The fraction of sp³-hybridized carbons (Fsp3) is 0.647. The number of nitrogen functional groups attached to an aromatic ring is 1. The molecule has 1 fully saturated rings. The van der Waals surface area contributed by atoms with Gasteiger partial charge >= 0.3 is 0 Å². The Morgan fingerprint density at radius 1 is 1.25 bits per heavy atom. The monoisotopic (exact) mass is 276 g/mol. The van der Waals surface area contributed by atoms with Crippen LogP contribution >= 0.6 is 0 Å². The van der Waals surface area contributed by atoms with Gasteiger partial charge in [0.2, 0.25) is 0 Å². The van der Waals surface area contributed by atoms with Crippen LogP contribution in [-0.2, 0) is 0 Å². The van der Waals surface area contributed by atoms with Crippen molar-refractivity contribution in [1.29, 1.82) is 0 Å². The average molecular weight is 276 g/mol. The zero-order valence-corrected chi connectivity index (χ0v) is 13.2. The van der Waals surface area contributed by atoms with Crippen LogP contribution in [0.4, 0.5) is 11.4 Å². The molecule has 0 atom stereocenters. The van der Waals surface area contributed by atoms with Crippen molar-refractivity contribution in [3.8, 4) is 5.75 Å². The lowest BCUT2D eigenvalue weighted by atomic mass is 10.1. The molecular weight excluding hydrogens is 248 g/mol. The van der Waals surface area contributed by atoms with Crippen molar-refractivity contribution in [2.24, 2.45) is 5.92 Å². The molecule has 0 bridgehead atoms. The molecule has 0 radical (unpaired) electrons. The van der Waals surface area contributed by atoms with Crippen molar-refractivity contribution in [3.05, 3.63) is 18.2 Å². The number of nitrogens with zero attached hydrogens (tertiary/aromatic N) is 1. The van der Waals surface area contributed by atoms with Crippen molar-refractivity contribution in [2.75, 3.05) is 17.2 Å². The molecule has 0 heterocycles. The Labute approximate surface area is 123 Å². The first kappa shape index (κ1) is 15.0. The van der Waals surface area contributed by atoms with E-state index in [9.17, 15) is 0 Å². The predicted octanol–water partition coefficient (Wildman–Crippen LogP) is 4.07. The fourth-order valence-corrected chi connectivity index (χ4v) is 2.42. The molecule has 1 aliphatic rings. The van der Waals surface area contributed by atoms with Gasteiger partial charge in [0.05, 0.1) is 17.5 Å². The van der Waals surface area contributed by atoms with Crippen LogP contribution in [0.1, 0.15) is 47.0 Å². The van der Waals surface area contributed by atoms with E-state index in [0.29, 0.717) is 12.0 Å². The first-order valence-corrected chi connectivity index (χ1v) is 7.80. The van der Waals surface area contributed by atoms with Crippen molar-refractivity contribution in [1.82, 2.24) is 0 Å². The number of nitrogens with two attached hydrogens (primary N) is 1. The van der Waals surface area contributed by atoms with Crippen molar-refractivity contribution in [3.63, 3.8) is 0 Å². The highest BCUT2D eigenvalue weighted by Gasteiger charge is 2.30. The normalized spacial score (nSPS) is 14.9. The molecule has 1 aromatic rings. The fourth-order valence-electron chi connectivity index (χ4n) is 2.42. The van der Waals surface area contributed by atoms with E-state index >= 15 is 0 Å². The minimum atomic E-state index is 0.151. The largest absolute Gasteiger partial charge is 0.489 e. The van der Waals surface area contributed by atoms with Crippen LogP contribution in [-0.4, -0.2) is 18.7 Å². The third kappa shape index (κ3) is 3.81. The van der Waals surface area contributed by atoms with Gasteiger partial charge < -0.3 is 15.4 Å². The van der Waals surface area contributed by atoms with E-state index in [4.69, 9.17) is 10.5 Å². The Morgan fingerprint density at radius 3 is 2.50 bits per heavy atom. The van der Waals surface area contributed by atoms with Gasteiger partial charge in [-0.1, -0.05) is 19.9 Å². The molecule has 3 heteroatoms. The van der Waals surface area contributed by atoms with E-state index < -0.39 is 0 Å². The van der Waals surface area contributed by atoms with Gasteiger partial charge in [-0.05, 0) is 51.2 Å². The molecule has 0 amide bonds. The van der Waals surface area contributed by atoms with E-state index in [2.05, 4.69) is 24.8 Å². The summed E-state index contributed by atoms with van der Waals surface area (Å²) in [5.41, 5.74) is 8.27. The van der Waals surface area contributed by atoms with E-state index in [-0.39, 0.29) is 6.10 Å². The van der Waals surface area contributed by atoms with Gasteiger partial charge in [0.15, 0.2) is 0 Å². The number of anilines is 2. The molecular formula is C17H28N2O. The molecule has 0 spiro atoms. The first-order chi connectivity index (χ1) is 9.49. The summed E-state index contributed by atoms with van der Waals surface area (Å²) in [7, 11) is 0. The van der Waals surface area contributed by atoms with Crippen molar-refractivity contribution >= 4 is 11.4 Å². The van der Waals surface area contributed by atoms with Crippen molar-refractivity contribution < 1.29 is 4.74 Å². The maximum absolute atomic E-state index is 6.34. The van der Waals surface area contributed by atoms with Gasteiger partial charge in [-0.25, -0.2) is 0 Å². The summed E-state index contributed by atoms with van der Waals surface area (Å²) in [6, 6.07) is 6.81. The smallest absolute Gasteiger partial charge is 0.144 e. The van der Waals surface area contributed by atoms with Crippen LogP contribution in [0.5, 0.6) is 5.75 Å². The van der Waals surface area contributed by atoms with E-state index in [1.165, 1.54) is 19.3 Å². The van der Waals surface area contributed by atoms with Gasteiger partial charge in [0.25, 0.3) is 0 Å². The van der Waals surface area contributed by atoms with Crippen LogP contribution in [0.2, 0.25) is 0 Å². The summed E-state index contributed by atoms with van der Waals surface area (Å²) in [5.74, 6) is 1.53. The third-order valence-corrected chi connectivity index (χ3v) is 3.65. The number of benzene rings is 1. The highest BCUT2D eigenvalue weighted by Crippen LogP contribution is 2.39. The quantitative estimate of drug-likeness (QED) is 0.763. The summed E-state index contributed by atoms with van der Waals surface area (Å²) < 4.78 is 5.81. The topological polar surface area (TPSA) is 38.5 Å². The Bertz CT molecular complexity index is 439. The number of rotatable bonds is 7. The lowest BCUT2D eigenvalue weighted by Gasteiger charge is -2.28. The molecule has 1 aromatic carbocycles. The number of para-hydroxylation sites is 1. The Kier molecular flexibility index (Phi) is 4.79. The van der Waals surface area contributed by atoms with Gasteiger partial charge in [0, 0.05) is 12.6 Å². The van der Waals surface area contributed by atoms with Gasteiger partial charge in [-0.2, -0.15) is 0 Å². The molecule has 0 aromatic heterocycles. The number of ether oxygens (including phenoxy) is 1. The van der Waals surface area contributed by atoms with Crippen LogP contribution in [0.15, 0.2) is 18.2 Å². The highest BCUT2D eigenvalue weighted by atomic mass is 16.5. The molecule has 3 nitrogen and oxygen atoms in total. The van der Waals surface area contributed by atoms with E-state index in [1.807, 2.05) is 26.0 Å². The maximum atomic E-state index is 6.34. The minimum absolute atomic E-state index is 0.151. The SMILES string of the molecule is CC(C)CCN(c1cccc(OC(C)C)c1N)C1CC1. The molecule has 2 rings (SSSR count). The molecule has 0 saturated heterocycles. The Balaban J connectivity index is 2.19. The highest BCUT2D eigenvalue weighted by molar-refractivity contribution is 5.74. The molecule has 2 N–H and O–H groups in total.